The Labute approximate surface area is 123 Å². The first-order valence-electron chi connectivity index (χ1n) is 6.90. The van der Waals surface area contributed by atoms with Gasteiger partial charge in [-0.05, 0) is 26.0 Å². The van der Waals surface area contributed by atoms with Crippen molar-refractivity contribution in [2.45, 2.75) is 13.8 Å². The zero-order valence-corrected chi connectivity index (χ0v) is 12.8. The van der Waals surface area contributed by atoms with Gasteiger partial charge in [-0.1, -0.05) is 0 Å². The summed E-state index contributed by atoms with van der Waals surface area (Å²) in [5.74, 6) is 1.96. The fourth-order valence-corrected chi connectivity index (χ4v) is 3.54. The summed E-state index contributed by atoms with van der Waals surface area (Å²) in [7, 11) is -3.03. The minimum Gasteiger partial charge on any atom is -0.368 e. The minimum absolute atomic E-state index is 0.165. The molecule has 2 aromatic rings. The molecule has 9 heteroatoms. The van der Waals surface area contributed by atoms with Crippen LogP contribution in [-0.2, 0) is 10.0 Å². The minimum atomic E-state index is -3.03. The summed E-state index contributed by atoms with van der Waals surface area (Å²) in [6, 6.07) is 3.70. The van der Waals surface area contributed by atoms with Crippen LogP contribution in [0.4, 0.5) is 5.82 Å². The summed E-state index contributed by atoms with van der Waals surface area (Å²) in [6.45, 7) is 5.38. The summed E-state index contributed by atoms with van der Waals surface area (Å²) in [5.41, 5.74) is 0.710. The number of hydrogen-bond donors (Lipinski definition) is 1. The molecule has 3 rings (SSSR count). The van der Waals surface area contributed by atoms with E-state index in [1.54, 1.807) is 11.4 Å². The Morgan fingerprint density at radius 2 is 2.10 bits per heavy atom. The van der Waals surface area contributed by atoms with Gasteiger partial charge in [-0.3, -0.25) is 0 Å². The molecule has 1 aliphatic rings. The number of rotatable bonds is 5. The summed E-state index contributed by atoms with van der Waals surface area (Å²) in [6.07, 6.45) is 0. The Bertz CT molecular complexity index is 750. The van der Waals surface area contributed by atoms with Crippen molar-refractivity contribution in [2.75, 3.05) is 30.7 Å². The molecule has 0 bridgehead atoms. The van der Waals surface area contributed by atoms with E-state index in [1.165, 1.54) is 4.31 Å². The summed E-state index contributed by atoms with van der Waals surface area (Å²) < 4.78 is 26.5. The molecule has 0 aromatic carbocycles. The van der Waals surface area contributed by atoms with Gasteiger partial charge < -0.3 is 5.32 Å². The molecular formula is C12H18N6O2S. The first-order chi connectivity index (χ1) is 9.99. The van der Waals surface area contributed by atoms with E-state index in [9.17, 15) is 8.42 Å². The fraction of sp³-hybridized carbons (Fsp3) is 0.583. The van der Waals surface area contributed by atoms with Crippen LogP contribution in [0.2, 0.25) is 0 Å². The number of nitrogens with zero attached hydrogens (tertiary/aromatic N) is 5. The number of aromatic nitrogens is 4. The van der Waals surface area contributed by atoms with Crippen molar-refractivity contribution in [3.63, 3.8) is 0 Å². The van der Waals surface area contributed by atoms with E-state index >= 15 is 0 Å². The topological polar surface area (TPSA) is 92.5 Å². The molecule has 21 heavy (non-hydrogen) atoms. The van der Waals surface area contributed by atoms with Gasteiger partial charge in [0.1, 0.15) is 5.82 Å². The van der Waals surface area contributed by atoms with Gasteiger partial charge in [0.15, 0.2) is 11.5 Å². The summed E-state index contributed by atoms with van der Waals surface area (Å²) in [4.78, 5) is 0. The average Bonchev–Trinajstić information content (AvgIpc) is 2.78. The highest BCUT2D eigenvalue weighted by Crippen LogP contribution is 2.20. The van der Waals surface area contributed by atoms with E-state index < -0.39 is 10.0 Å². The highest BCUT2D eigenvalue weighted by molar-refractivity contribution is 7.89. The molecule has 0 amide bonds. The maximum absolute atomic E-state index is 11.6. The van der Waals surface area contributed by atoms with Crippen LogP contribution in [0.15, 0.2) is 12.1 Å². The highest BCUT2D eigenvalue weighted by Gasteiger charge is 2.34. The standard InChI is InChI=1S/C12H18N6O2S/c1-3-21(19,20)17-7-10(8-17)6-13-11-4-5-12-15-14-9(2)18(12)16-11/h4-5,10H,3,6-8H2,1-2H3,(H,13,16). The fourth-order valence-electron chi connectivity index (χ4n) is 2.30. The number of aryl methyl sites for hydroxylation is 1. The van der Waals surface area contributed by atoms with E-state index in [2.05, 4.69) is 20.6 Å². The first kappa shape index (κ1) is 14.2. The normalized spacial score (nSPS) is 17.0. The SMILES string of the molecule is CCS(=O)(=O)N1CC(CNc2ccc3nnc(C)n3n2)C1. The van der Waals surface area contributed by atoms with Crippen LogP contribution in [0.3, 0.4) is 0 Å². The molecule has 114 valence electrons. The summed E-state index contributed by atoms with van der Waals surface area (Å²) >= 11 is 0. The predicted molar refractivity (Wildman–Crippen MR) is 78.5 cm³/mol. The van der Waals surface area contributed by atoms with Crippen molar-refractivity contribution in [3.8, 4) is 0 Å². The van der Waals surface area contributed by atoms with Crippen molar-refractivity contribution in [3.05, 3.63) is 18.0 Å². The lowest BCUT2D eigenvalue weighted by Gasteiger charge is -2.37. The van der Waals surface area contributed by atoms with Crippen LogP contribution in [0.5, 0.6) is 0 Å². The molecule has 1 saturated heterocycles. The molecule has 8 nitrogen and oxygen atoms in total. The lowest BCUT2D eigenvalue weighted by Crippen LogP contribution is -2.52. The number of sulfonamides is 1. The van der Waals surface area contributed by atoms with Crippen LogP contribution < -0.4 is 5.32 Å². The molecule has 1 aliphatic heterocycles. The monoisotopic (exact) mass is 310 g/mol. The van der Waals surface area contributed by atoms with E-state index in [0.717, 1.165) is 11.6 Å². The third-order valence-electron chi connectivity index (χ3n) is 3.67. The maximum atomic E-state index is 11.6. The molecular weight excluding hydrogens is 292 g/mol. The number of nitrogens with one attached hydrogen (secondary N) is 1. The Morgan fingerprint density at radius 3 is 2.81 bits per heavy atom. The van der Waals surface area contributed by atoms with Crippen LogP contribution in [0.1, 0.15) is 12.7 Å². The molecule has 0 aliphatic carbocycles. The number of fused-ring (bicyclic) bond motifs is 1. The Kier molecular flexibility index (Phi) is 3.54. The van der Waals surface area contributed by atoms with Crippen molar-refractivity contribution >= 4 is 21.5 Å². The molecule has 0 unspecified atom stereocenters. The second-order valence-electron chi connectivity index (χ2n) is 5.20. The van der Waals surface area contributed by atoms with Gasteiger partial charge in [0.25, 0.3) is 0 Å². The van der Waals surface area contributed by atoms with Crippen LogP contribution >= 0.6 is 0 Å². The Balaban J connectivity index is 1.57. The number of anilines is 1. The van der Waals surface area contributed by atoms with Gasteiger partial charge in [0.2, 0.25) is 10.0 Å². The van der Waals surface area contributed by atoms with Gasteiger partial charge in [-0.2, -0.15) is 4.52 Å². The highest BCUT2D eigenvalue weighted by atomic mass is 32.2. The van der Waals surface area contributed by atoms with Crippen molar-refractivity contribution in [1.82, 2.24) is 24.1 Å². The molecule has 2 aromatic heterocycles. The Hall–Kier alpha value is -1.74. The quantitative estimate of drug-likeness (QED) is 0.843. The molecule has 1 N–H and O–H groups in total. The first-order valence-corrected chi connectivity index (χ1v) is 8.51. The molecule has 3 heterocycles. The van der Waals surface area contributed by atoms with E-state index in [1.807, 2.05) is 19.1 Å². The molecule has 0 atom stereocenters. The van der Waals surface area contributed by atoms with Crippen molar-refractivity contribution < 1.29 is 8.42 Å². The van der Waals surface area contributed by atoms with Gasteiger partial charge in [0, 0.05) is 25.6 Å². The third kappa shape index (κ3) is 2.70. The molecule has 1 fully saturated rings. The van der Waals surface area contributed by atoms with Crippen LogP contribution in [-0.4, -0.2) is 57.9 Å². The lowest BCUT2D eigenvalue weighted by atomic mass is 10.0. The third-order valence-corrected chi connectivity index (χ3v) is 5.49. The van der Waals surface area contributed by atoms with Crippen LogP contribution in [0.25, 0.3) is 5.65 Å². The van der Waals surface area contributed by atoms with E-state index in [-0.39, 0.29) is 5.75 Å². The Morgan fingerprint density at radius 1 is 1.33 bits per heavy atom. The maximum Gasteiger partial charge on any atom is 0.213 e. The summed E-state index contributed by atoms with van der Waals surface area (Å²) in [5, 5.41) is 15.6. The van der Waals surface area contributed by atoms with Gasteiger partial charge >= 0.3 is 0 Å². The van der Waals surface area contributed by atoms with Gasteiger partial charge in [-0.25, -0.2) is 12.7 Å². The average molecular weight is 310 g/mol. The molecule has 0 saturated carbocycles. The zero-order valence-electron chi connectivity index (χ0n) is 12.0. The van der Waals surface area contributed by atoms with Gasteiger partial charge in [-0.15, -0.1) is 15.3 Å². The number of hydrogen-bond acceptors (Lipinski definition) is 6. The smallest absolute Gasteiger partial charge is 0.213 e. The largest absolute Gasteiger partial charge is 0.368 e. The second kappa shape index (κ2) is 5.23. The second-order valence-corrected chi connectivity index (χ2v) is 7.46. The predicted octanol–water partition coefficient (Wildman–Crippen LogP) is 0.126. The van der Waals surface area contributed by atoms with Crippen molar-refractivity contribution in [2.24, 2.45) is 5.92 Å². The molecule has 0 spiro atoms. The zero-order chi connectivity index (χ0) is 15.0. The van der Waals surface area contributed by atoms with E-state index in [4.69, 9.17) is 0 Å². The molecule has 0 radical (unpaired) electrons. The van der Waals surface area contributed by atoms with E-state index in [0.29, 0.717) is 31.2 Å². The van der Waals surface area contributed by atoms with Crippen LogP contribution in [0, 0.1) is 12.8 Å². The van der Waals surface area contributed by atoms with Gasteiger partial charge in [0.05, 0.1) is 5.75 Å². The lowest BCUT2D eigenvalue weighted by molar-refractivity contribution is 0.212. The van der Waals surface area contributed by atoms with Crippen molar-refractivity contribution in [1.29, 1.82) is 0 Å².